The molecule has 0 aliphatic heterocycles. The van der Waals surface area contributed by atoms with Gasteiger partial charge in [-0.15, -0.1) is 0 Å². The van der Waals surface area contributed by atoms with Gasteiger partial charge in [0.1, 0.15) is 5.82 Å². The van der Waals surface area contributed by atoms with E-state index in [0.29, 0.717) is 5.56 Å². The van der Waals surface area contributed by atoms with Crippen molar-refractivity contribution in [3.63, 3.8) is 0 Å². The first-order chi connectivity index (χ1) is 11.8. The quantitative estimate of drug-likeness (QED) is 0.858. The Kier molecular flexibility index (Phi) is 4.62. The minimum atomic E-state index is -3.66. The molecule has 1 aliphatic rings. The van der Waals surface area contributed by atoms with E-state index in [-0.39, 0.29) is 22.2 Å². The number of hydrogen-bond donors (Lipinski definition) is 2. The van der Waals surface area contributed by atoms with Crippen LogP contribution in [-0.4, -0.2) is 20.4 Å². The van der Waals surface area contributed by atoms with E-state index in [1.54, 1.807) is 26.0 Å². The third-order valence-corrected chi connectivity index (χ3v) is 5.55. The van der Waals surface area contributed by atoms with Crippen LogP contribution in [0.3, 0.4) is 0 Å². The van der Waals surface area contributed by atoms with Gasteiger partial charge in [-0.05, 0) is 62.1 Å². The maximum Gasteiger partial charge on any atom is 0.256 e. The van der Waals surface area contributed by atoms with E-state index in [9.17, 15) is 17.6 Å². The summed E-state index contributed by atoms with van der Waals surface area (Å²) in [5, 5.41) is 2.51. The van der Waals surface area contributed by atoms with Crippen molar-refractivity contribution >= 4 is 21.6 Å². The molecule has 0 spiro atoms. The van der Waals surface area contributed by atoms with E-state index in [1.807, 2.05) is 0 Å². The van der Waals surface area contributed by atoms with Crippen molar-refractivity contribution in [2.24, 2.45) is 0 Å². The fraction of sp³-hybridized carbons (Fsp3) is 0.278. The summed E-state index contributed by atoms with van der Waals surface area (Å²) in [7, 11) is -3.66. The Morgan fingerprint density at radius 2 is 1.84 bits per heavy atom. The molecule has 0 unspecified atom stereocenters. The minimum Gasteiger partial charge on any atom is -0.319 e. The lowest BCUT2D eigenvalue weighted by molar-refractivity contribution is 0.102. The van der Waals surface area contributed by atoms with Crippen LogP contribution in [0.15, 0.2) is 41.3 Å². The average molecular weight is 362 g/mol. The predicted octanol–water partition coefficient (Wildman–Crippen LogP) is 3.14. The molecule has 25 heavy (non-hydrogen) atoms. The molecule has 0 radical (unpaired) electrons. The number of carbonyl (C=O) groups is 1. The molecule has 1 aliphatic carbocycles. The molecule has 132 valence electrons. The SMILES string of the molecule is Cc1ccc(F)c(NC(=O)c2cc(S(=O)(=O)NC3CC3)ccc2C)c1. The van der Waals surface area contributed by atoms with Crippen molar-refractivity contribution in [3.8, 4) is 0 Å². The Morgan fingerprint density at radius 1 is 1.12 bits per heavy atom. The van der Waals surface area contributed by atoms with Gasteiger partial charge in [-0.1, -0.05) is 12.1 Å². The molecule has 0 saturated heterocycles. The Morgan fingerprint density at radius 3 is 2.52 bits per heavy atom. The van der Waals surface area contributed by atoms with Crippen LogP contribution in [0.1, 0.15) is 34.3 Å². The third kappa shape index (κ3) is 4.05. The Bertz CT molecular complexity index is 937. The zero-order chi connectivity index (χ0) is 18.2. The number of sulfonamides is 1. The van der Waals surface area contributed by atoms with Crippen LogP contribution < -0.4 is 10.0 Å². The fourth-order valence-electron chi connectivity index (χ4n) is 2.43. The third-order valence-electron chi connectivity index (χ3n) is 4.03. The van der Waals surface area contributed by atoms with Crippen LogP contribution in [0.5, 0.6) is 0 Å². The number of rotatable bonds is 5. The zero-order valence-electron chi connectivity index (χ0n) is 14.0. The van der Waals surface area contributed by atoms with Crippen LogP contribution >= 0.6 is 0 Å². The monoisotopic (exact) mass is 362 g/mol. The standard InChI is InChI=1S/C18H19FN2O3S/c1-11-3-8-16(19)17(9-11)20-18(22)15-10-14(7-4-12(15)2)25(23,24)21-13-5-6-13/h3-4,7-10,13,21H,5-6H2,1-2H3,(H,20,22). The lowest BCUT2D eigenvalue weighted by Crippen LogP contribution is -2.26. The van der Waals surface area contributed by atoms with Gasteiger partial charge in [0.15, 0.2) is 0 Å². The van der Waals surface area contributed by atoms with E-state index >= 15 is 0 Å². The first-order valence-electron chi connectivity index (χ1n) is 7.97. The maximum atomic E-state index is 13.8. The fourth-order valence-corrected chi connectivity index (χ4v) is 3.76. The first kappa shape index (κ1) is 17.6. The second kappa shape index (κ2) is 6.57. The zero-order valence-corrected chi connectivity index (χ0v) is 14.8. The van der Waals surface area contributed by atoms with Gasteiger partial charge in [-0.25, -0.2) is 17.5 Å². The van der Waals surface area contributed by atoms with Crippen LogP contribution in [0.2, 0.25) is 0 Å². The number of nitrogens with one attached hydrogen (secondary N) is 2. The lowest BCUT2D eigenvalue weighted by Gasteiger charge is -2.12. The largest absolute Gasteiger partial charge is 0.319 e. The smallest absolute Gasteiger partial charge is 0.256 e. The highest BCUT2D eigenvalue weighted by Gasteiger charge is 2.28. The van der Waals surface area contributed by atoms with Gasteiger partial charge in [-0.3, -0.25) is 4.79 Å². The number of anilines is 1. The normalized spacial score (nSPS) is 14.4. The summed E-state index contributed by atoms with van der Waals surface area (Å²) in [6, 6.07) is 8.74. The molecule has 0 aromatic heterocycles. The highest BCUT2D eigenvalue weighted by Crippen LogP contribution is 2.24. The summed E-state index contributed by atoms with van der Waals surface area (Å²) in [5.41, 5.74) is 1.67. The second-order valence-corrected chi connectivity index (χ2v) is 8.02. The van der Waals surface area contributed by atoms with Gasteiger partial charge in [0.2, 0.25) is 10.0 Å². The van der Waals surface area contributed by atoms with E-state index in [2.05, 4.69) is 10.0 Å². The maximum absolute atomic E-state index is 13.8. The molecular weight excluding hydrogens is 343 g/mol. The minimum absolute atomic E-state index is 0.0232. The summed E-state index contributed by atoms with van der Waals surface area (Å²) in [6.07, 6.45) is 1.65. The van der Waals surface area contributed by atoms with E-state index < -0.39 is 21.7 Å². The van der Waals surface area contributed by atoms with Crippen LogP contribution in [0, 0.1) is 19.7 Å². The number of carbonyl (C=O) groups excluding carboxylic acids is 1. The molecule has 0 bridgehead atoms. The van der Waals surface area contributed by atoms with Crippen molar-refractivity contribution in [2.75, 3.05) is 5.32 Å². The van der Waals surface area contributed by atoms with Gasteiger partial charge >= 0.3 is 0 Å². The van der Waals surface area contributed by atoms with E-state index in [1.165, 1.54) is 24.3 Å². The number of aryl methyl sites for hydroxylation is 2. The van der Waals surface area contributed by atoms with E-state index in [4.69, 9.17) is 0 Å². The Hall–Kier alpha value is -2.25. The molecule has 0 heterocycles. The summed E-state index contributed by atoms with van der Waals surface area (Å²) in [4.78, 5) is 12.5. The number of halogens is 1. The topological polar surface area (TPSA) is 75.3 Å². The predicted molar refractivity (Wildman–Crippen MR) is 93.6 cm³/mol. The first-order valence-corrected chi connectivity index (χ1v) is 9.45. The van der Waals surface area contributed by atoms with Crippen molar-refractivity contribution in [3.05, 3.63) is 58.9 Å². The molecule has 3 rings (SSSR count). The van der Waals surface area contributed by atoms with Crippen molar-refractivity contribution < 1.29 is 17.6 Å². The molecule has 1 fully saturated rings. The lowest BCUT2D eigenvalue weighted by atomic mass is 10.1. The molecule has 2 aromatic carbocycles. The summed E-state index contributed by atoms with van der Waals surface area (Å²) >= 11 is 0. The molecule has 1 amide bonds. The Labute approximate surface area is 146 Å². The molecule has 5 nitrogen and oxygen atoms in total. The molecule has 2 N–H and O–H groups in total. The van der Waals surface area contributed by atoms with Gasteiger partial charge < -0.3 is 5.32 Å². The van der Waals surface area contributed by atoms with Gasteiger partial charge in [0.25, 0.3) is 5.91 Å². The van der Waals surface area contributed by atoms with Gasteiger partial charge in [-0.2, -0.15) is 0 Å². The van der Waals surface area contributed by atoms with Crippen LogP contribution in [0.25, 0.3) is 0 Å². The Balaban J connectivity index is 1.89. The highest BCUT2D eigenvalue weighted by atomic mass is 32.2. The van der Waals surface area contributed by atoms with Crippen LogP contribution in [-0.2, 0) is 10.0 Å². The van der Waals surface area contributed by atoms with Gasteiger partial charge in [0, 0.05) is 11.6 Å². The molecule has 1 saturated carbocycles. The number of amides is 1. The summed E-state index contributed by atoms with van der Waals surface area (Å²) in [6.45, 7) is 3.49. The van der Waals surface area contributed by atoms with Crippen molar-refractivity contribution in [1.82, 2.24) is 4.72 Å². The molecule has 0 atom stereocenters. The van der Waals surface area contributed by atoms with Gasteiger partial charge in [0.05, 0.1) is 10.6 Å². The molecule has 2 aromatic rings. The number of benzene rings is 2. The number of hydrogen-bond acceptors (Lipinski definition) is 3. The van der Waals surface area contributed by atoms with E-state index in [0.717, 1.165) is 18.4 Å². The average Bonchev–Trinajstić information content (AvgIpc) is 3.34. The summed E-state index contributed by atoms with van der Waals surface area (Å²) in [5.74, 6) is -1.10. The molecule has 7 heteroatoms. The van der Waals surface area contributed by atoms with Crippen LogP contribution in [0.4, 0.5) is 10.1 Å². The molecular formula is C18H19FN2O3S. The van der Waals surface area contributed by atoms with Crippen molar-refractivity contribution in [1.29, 1.82) is 0 Å². The summed E-state index contributed by atoms with van der Waals surface area (Å²) < 4.78 is 41.1. The van der Waals surface area contributed by atoms with Crippen molar-refractivity contribution in [2.45, 2.75) is 37.6 Å². The highest BCUT2D eigenvalue weighted by molar-refractivity contribution is 7.89. The second-order valence-electron chi connectivity index (χ2n) is 6.31.